The lowest BCUT2D eigenvalue weighted by Gasteiger charge is -2.11. The van der Waals surface area contributed by atoms with E-state index in [0.717, 1.165) is 29.8 Å². The standard InChI is InChI=1S/C18H26N4OS/c1-5-19-18(21-11-17-13(2)22-14(3)24-17)20-10-15-7-6-8-16(9-15)12-23-4/h6-9H,5,10-12H2,1-4H3,(H2,19,20,21). The zero-order valence-corrected chi connectivity index (χ0v) is 15.7. The molecule has 2 N–H and O–H groups in total. The second kappa shape index (κ2) is 9.39. The lowest BCUT2D eigenvalue weighted by Crippen LogP contribution is -2.36. The summed E-state index contributed by atoms with van der Waals surface area (Å²) >= 11 is 1.73. The maximum Gasteiger partial charge on any atom is 0.191 e. The second-order valence-electron chi connectivity index (χ2n) is 5.54. The van der Waals surface area contributed by atoms with E-state index in [2.05, 4.69) is 45.7 Å². The number of aryl methyl sites for hydroxylation is 2. The predicted molar refractivity (Wildman–Crippen MR) is 100 cm³/mol. The van der Waals surface area contributed by atoms with Crippen molar-refractivity contribution in [3.05, 3.63) is 51.0 Å². The number of nitrogens with one attached hydrogen (secondary N) is 2. The third-order valence-electron chi connectivity index (χ3n) is 3.48. The van der Waals surface area contributed by atoms with E-state index < -0.39 is 0 Å². The van der Waals surface area contributed by atoms with E-state index in [4.69, 9.17) is 4.74 Å². The van der Waals surface area contributed by atoms with Crippen molar-refractivity contribution in [1.82, 2.24) is 15.6 Å². The summed E-state index contributed by atoms with van der Waals surface area (Å²) in [6.45, 7) is 8.98. The minimum Gasteiger partial charge on any atom is -0.380 e. The van der Waals surface area contributed by atoms with Crippen LogP contribution in [0.4, 0.5) is 0 Å². The summed E-state index contributed by atoms with van der Waals surface area (Å²) in [5.41, 5.74) is 3.43. The first-order valence-electron chi connectivity index (χ1n) is 8.14. The van der Waals surface area contributed by atoms with Crippen molar-refractivity contribution in [3.8, 4) is 0 Å². The van der Waals surface area contributed by atoms with E-state index >= 15 is 0 Å². The number of nitrogens with zero attached hydrogens (tertiary/aromatic N) is 2. The molecule has 0 fully saturated rings. The molecular formula is C18H26N4OS. The van der Waals surface area contributed by atoms with Crippen molar-refractivity contribution in [2.75, 3.05) is 13.7 Å². The van der Waals surface area contributed by atoms with Crippen LogP contribution in [0.25, 0.3) is 0 Å². The number of methoxy groups -OCH3 is 1. The van der Waals surface area contributed by atoms with Gasteiger partial charge in [-0.3, -0.25) is 0 Å². The lowest BCUT2D eigenvalue weighted by atomic mass is 10.1. The third kappa shape index (κ3) is 5.62. The Morgan fingerprint density at radius 3 is 2.71 bits per heavy atom. The summed E-state index contributed by atoms with van der Waals surface area (Å²) in [6.07, 6.45) is 0. The largest absolute Gasteiger partial charge is 0.380 e. The number of ether oxygens (including phenoxy) is 1. The van der Waals surface area contributed by atoms with E-state index in [1.165, 1.54) is 16.0 Å². The normalized spacial score (nSPS) is 11.6. The summed E-state index contributed by atoms with van der Waals surface area (Å²) < 4.78 is 5.18. The summed E-state index contributed by atoms with van der Waals surface area (Å²) in [5, 5.41) is 7.77. The van der Waals surface area contributed by atoms with Crippen LogP contribution in [-0.4, -0.2) is 24.6 Å². The van der Waals surface area contributed by atoms with Gasteiger partial charge in [0.25, 0.3) is 0 Å². The van der Waals surface area contributed by atoms with E-state index in [-0.39, 0.29) is 0 Å². The molecule has 0 aliphatic heterocycles. The van der Waals surface area contributed by atoms with Crippen molar-refractivity contribution < 1.29 is 4.74 Å². The number of thiazole rings is 1. The number of benzene rings is 1. The molecule has 0 amide bonds. The third-order valence-corrected chi connectivity index (χ3v) is 4.56. The topological polar surface area (TPSA) is 58.5 Å². The van der Waals surface area contributed by atoms with E-state index in [0.29, 0.717) is 13.2 Å². The minimum absolute atomic E-state index is 0.625. The zero-order valence-electron chi connectivity index (χ0n) is 14.8. The average Bonchev–Trinajstić information content (AvgIpc) is 2.88. The van der Waals surface area contributed by atoms with E-state index in [9.17, 15) is 0 Å². The molecule has 0 bridgehead atoms. The Balaban J connectivity index is 1.99. The maximum atomic E-state index is 5.18. The van der Waals surface area contributed by atoms with Crippen molar-refractivity contribution >= 4 is 17.3 Å². The first-order valence-corrected chi connectivity index (χ1v) is 8.95. The van der Waals surface area contributed by atoms with Gasteiger partial charge in [-0.05, 0) is 31.9 Å². The number of aromatic nitrogens is 1. The highest BCUT2D eigenvalue weighted by molar-refractivity contribution is 7.11. The molecule has 0 atom stereocenters. The van der Waals surface area contributed by atoms with Gasteiger partial charge in [-0.1, -0.05) is 24.3 Å². The maximum absolute atomic E-state index is 5.18. The molecule has 130 valence electrons. The van der Waals surface area contributed by atoms with Gasteiger partial charge < -0.3 is 15.4 Å². The van der Waals surface area contributed by atoms with Crippen LogP contribution in [0.1, 0.15) is 33.6 Å². The Hall–Kier alpha value is -1.92. The molecule has 1 aromatic heterocycles. The molecule has 0 spiro atoms. The molecule has 2 rings (SSSR count). The van der Waals surface area contributed by atoms with Crippen LogP contribution in [0.2, 0.25) is 0 Å². The molecule has 1 heterocycles. The van der Waals surface area contributed by atoms with Crippen LogP contribution < -0.4 is 10.6 Å². The van der Waals surface area contributed by atoms with Crippen LogP contribution in [0.5, 0.6) is 0 Å². The molecule has 0 saturated carbocycles. The highest BCUT2D eigenvalue weighted by Crippen LogP contribution is 2.16. The molecular weight excluding hydrogens is 320 g/mol. The van der Waals surface area contributed by atoms with Crippen molar-refractivity contribution in [3.63, 3.8) is 0 Å². The molecule has 0 saturated heterocycles. The minimum atomic E-state index is 0.625. The number of rotatable bonds is 7. The van der Waals surface area contributed by atoms with Crippen LogP contribution in [0.15, 0.2) is 29.3 Å². The van der Waals surface area contributed by atoms with Crippen LogP contribution in [0.3, 0.4) is 0 Å². The summed E-state index contributed by atoms with van der Waals surface area (Å²) in [5.74, 6) is 0.820. The summed E-state index contributed by atoms with van der Waals surface area (Å²) in [4.78, 5) is 10.4. The molecule has 0 aliphatic rings. The Morgan fingerprint density at radius 2 is 2.04 bits per heavy atom. The Bertz CT molecular complexity index is 681. The number of guanidine groups is 1. The Morgan fingerprint density at radius 1 is 1.25 bits per heavy atom. The molecule has 6 heteroatoms. The molecule has 5 nitrogen and oxygen atoms in total. The van der Waals surface area contributed by atoms with Crippen LogP contribution in [0, 0.1) is 13.8 Å². The highest BCUT2D eigenvalue weighted by atomic mass is 32.1. The Labute approximate surface area is 148 Å². The van der Waals surface area contributed by atoms with Gasteiger partial charge in [-0.25, -0.2) is 9.98 Å². The van der Waals surface area contributed by atoms with Gasteiger partial charge in [-0.2, -0.15) is 0 Å². The number of hydrogen-bond acceptors (Lipinski definition) is 4. The quantitative estimate of drug-likeness (QED) is 0.597. The molecule has 0 radical (unpaired) electrons. The van der Waals surface area contributed by atoms with Crippen LogP contribution >= 0.6 is 11.3 Å². The molecule has 0 aliphatic carbocycles. The SMILES string of the molecule is CCNC(=NCc1cccc(COC)c1)NCc1sc(C)nc1C. The Kier molecular flexibility index (Phi) is 7.21. The van der Waals surface area contributed by atoms with Gasteiger partial charge in [0, 0.05) is 18.5 Å². The fraction of sp³-hybridized carbons (Fsp3) is 0.444. The van der Waals surface area contributed by atoms with Gasteiger partial charge in [0.05, 0.1) is 30.4 Å². The van der Waals surface area contributed by atoms with Crippen molar-refractivity contribution in [2.24, 2.45) is 4.99 Å². The molecule has 0 unspecified atom stereocenters. The fourth-order valence-corrected chi connectivity index (χ4v) is 3.27. The van der Waals surface area contributed by atoms with Gasteiger partial charge in [0.15, 0.2) is 5.96 Å². The molecule has 24 heavy (non-hydrogen) atoms. The lowest BCUT2D eigenvalue weighted by molar-refractivity contribution is 0.185. The van der Waals surface area contributed by atoms with Gasteiger partial charge in [0.1, 0.15) is 0 Å². The average molecular weight is 347 g/mol. The number of aliphatic imine (C=N–C) groups is 1. The predicted octanol–water partition coefficient (Wildman–Crippen LogP) is 3.16. The van der Waals surface area contributed by atoms with Crippen molar-refractivity contribution in [2.45, 2.75) is 40.5 Å². The second-order valence-corrected chi connectivity index (χ2v) is 6.83. The molecule has 1 aromatic carbocycles. The van der Waals surface area contributed by atoms with Crippen molar-refractivity contribution in [1.29, 1.82) is 0 Å². The van der Waals surface area contributed by atoms with Gasteiger partial charge in [0.2, 0.25) is 0 Å². The first-order chi connectivity index (χ1) is 11.6. The monoisotopic (exact) mass is 346 g/mol. The van der Waals surface area contributed by atoms with E-state index in [1.54, 1.807) is 18.4 Å². The van der Waals surface area contributed by atoms with Gasteiger partial charge >= 0.3 is 0 Å². The summed E-state index contributed by atoms with van der Waals surface area (Å²) in [7, 11) is 1.71. The van der Waals surface area contributed by atoms with E-state index in [1.807, 2.05) is 19.9 Å². The molecule has 2 aromatic rings. The highest BCUT2D eigenvalue weighted by Gasteiger charge is 2.06. The first kappa shape index (κ1) is 18.4. The number of hydrogen-bond donors (Lipinski definition) is 2. The smallest absolute Gasteiger partial charge is 0.191 e. The van der Waals surface area contributed by atoms with Crippen LogP contribution in [-0.2, 0) is 24.4 Å². The van der Waals surface area contributed by atoms with Gasteiger partial charge in [-0.15, -0.1) is 11.3 Å². The fourth-order valence-electron chi connectivity index (χ4n) is 2.40. The zero-order chi connectivity index (χ0) is 17.4. The summed E-state index contributed by atoms with van der Waals surface area (Å²) in [6, 6.07) is 8.33.